The Labute approximate surface area is 177 Å². The van der Waals surface area contributed by atoms with Gasteiger partial charge in [-0.15, -0.1) is 11.3 Å². The van der Waals surface area contributed by atoms with Gasteiger partial charge in [-0.3, -0.25) is 4.79 Å². The maximum Gasteiger partial charge on any atom is 0.330 e. The zero-order valence-corrected chi connectivity index (χ0v) is 18.2. The molecule has 4 aromatic rings. The fourth-order valence-electron chi connectivity index (χ4n) is 3.66. The molecule has 0 saturated carbocycles. The van der Waals surface area contributed by atoms with Gasteiger partial charge in [-0.1, -0.05) is 12.1 Å². The molecule has 0 amide bonds. The van der Waals surface area contributed by atoms with E-state index in [0.29, 0.717) is 12.1 Å². The topological polar surface area (TPSA) is 75.3 Å². The number of carbonyl (C=O) groups is 1. The first-order valence-corrected chi connectivity index (χ1v) is 10.6. The van der Waals surface area contributed by atoms with E-state index in [9.17, 15) is 9.59 Å². The molecule has 0 aliphatic rings. The third kappa shape index (κ3) is 3.37. The lowest BCUT2D eigenvalue weighted by Gasteiger charge is -2.13. The number of thiophene rings is 1. The molecule has 1 aromatic carbocycles. The first kappa shape index (κ1) is 20.2. The zero-order chi connectivity index (χ0) is 21.4. The smallest absolute Gasteiger partial charge is 0.330 e. The van der Waals surface area contributed by atoms with Gasteiger partial charge in [-0.2, -0.15) is 5.10 Å². The van der Waals surface area contributed by atoms with Crippen LogP contribution in [0.3, 0.4) is 0 Å². The number of nitrogens with zero attached hydrogens (tertiary/aromatic N) is 3. The minimum atomic E-state index is -0.804. The fourth-order valence-corrected chi connectivity index (χ4v) is 4.68. The lowest BCUT2D eigenvalue weighted by atomic mass is 10.2. The van der Waals surface area contributed by atoms with Crippen molar-refractivity contribution in [3.8, 4) is 5.75 Å². The largest absolute Gasteiger partial charge is 0.497 e. The number of methoxy groups -OCH3 is 1. The van der Waals surface area contributed by atoms with Crippen LogP contribution >= 0.6 is 11.3 Å². The Morgan fingerprint density at radius 1 is 1.30 bits per heavy atom. The third-order valence-corrected chi connectivity index (χ3v) is 6.16. The number of aromatic nitrogens is 3. The highest BCUT2D eigenvalue weighted by molar-refractivity contribution is 7.20. The Morgan fingerprint density at radius 2 is 2.10 bits per heavy atom. The molecule has 0 N–H and O–H groups in total. The number of hydrogen-bond donors (Lipinski definition) is 0. The molecule has 0 spiro atoms. The van der Waals surface area contributed by atoms with Gasteiger partial charge in [0.2, 0.25) is 0 Å². The number of carbonyl (C=O) groups excluding carboxylic acids is 1. The van der Waals surface area contributed by atoms with Crippen molar-refractivity contribution in [2.75, 3.05) is 13.7 Å². The summed E-state index contributed by atoms with van der Waals surface area (Å²) < 4.78 is 14.6. The van der Waals surface area contributed by atoms with Crippen molar-refractivity contribution < 1.29 is 14.3 Å². The Kier molecular flexibility index (Phi) is 5.34. The van der Waals surface area contributed by atoms with Crippen molar-refractivity contribution in [3.05, 3.63) is 57.3 Å². The molecule has 0 saturated heterocycles. The predicted octanol–water partition coefficient (Wildman–Crippen LogP) is 3.90. The summed E-state index contributed by atoms with van der Waals surface area (Å²) in [4.78, 5) is 26.8. The van der Waals surface area contributed by atoms with Crippen molar-refractivity contribution in [1.82, 2.24) is 14.3 Å². The molecule has 3 heterocycles. The van der Waals surface area contributed by atoms with Crippen molar-refractivity contribution in [3.63, 3.8) is 0 Å². The van der Waals surface area contributed by atoms with E-state index in [1.165, 1.54) is 4.68 Å². The second-order valence-corrected chi connectivity index (χ2v) is 8.35. The number of hydrogen-bond acceptors (Lipinski definition) is 6. The molecule has 30 heavy (non-hydrogen) atoms. The van der Waals surface area contributed by atoms with Gasteiger partial charge in [0.15, 0.2) is 6.04 Å². The van der Waals surface area contributed by atoms with Crippen molar-refractivity contribution in [2.24, 2.45) is 0 Å². The van der Waals surface area contributed by atoms with Crippen molar-refractivity contribution in [1.29, 1.82) is 0 Å². The summed E-state index contributed by atoms with van der Waals surface area (Å²) in [6, 6.07) is 9.05. The van der Waals surface area contributed by atoms with E-state index in [1.54, 1.807) is 38.5 Å². The van der Waals surface area contributed by atoms with E-state index >= 15 is 0 Å². The lowest BCUT2D eigenvalue weighted by Crippen LogP contribution is -2.32. The first-order valence-electron chi connectivity index (χ1n) is 9.74. The normalized spacial score (nSPS) is 12.4. The molecule has 0 aliphatic carbocycles. The van der Waals surface area contributed by atoms with Gasteiger partial charge >= 0.3 is 5.97 Å². The molecule has 0 bridgehead atoms. The summed E-state index contributed by atoms with van der Waals surface area (Å²) >= 11 is 1.63. The van der Waals surface area contributed by atoms with Crippen LogP contribution in [0.4, 0.5) is 0 Å². The summed E-state index contributed by atoms with van der Waals surface area (Å²) in [5.74, 6) is 0.284. The van der Waals surface area contributed by atoms with Crippen LogP contribution in [0.25, 0.3) is 21.1 Å². The number of esters is 1. The van der Waals surface area contributed by atoms with Crippen LogP contribution in [-0.2, 0) is 16.1 Å². The molecule has 0 aliphatic heterocycles. The molecule has 4 rings (SSSR count). The van der Waals surface area contributed by atoms with Gasteiger partial charge in [0.25, 0.3) is 5.56 Å². The molecule has 0 radical (unpaired) electrons. The number of fused-ring (bicyclic) bond motifs is 3. The van der Waals surface area contributed by atoms with Crippen LogP contribution in [0, 0.1) is 6.92 Å². The molecule has 8 heteroatoms. The van der Waals surface area contributed by atoms with Crippen LogP contribution in [0.1, 0.15) is 30.3 Å². The van der Waals surface area contributed by atoms with Crippen LogP contribution in [0.5, 0.6) is 5.75 Å². The van der Waals surface area contributed by atoms with E-state index < -0.39 is 12.0 Å². The van der Waals surface area contributed by atoms with Crippen LogP contribution < -0.4 is 10.3 Å². The van der Waals surface area contributed by atoms with Crippen molar-refractivity contribution >= 4 is 38.4 Å². The number of ether oxygens (including phenoxy) is 2. The maximum absolute atomic E-state index is 13.4. The van der Waals surface area contributed by atoms with Gasteiger partial charge in [0, 0.05) is 16.8 Å². The van der Waals surface area contributed by atoms with Crippen molar-refractivity contribution in [2.45, 2.75) is 33.4 Å². The van der Waals surface area contributed by atoms with Crippen LogP contribution in [0.15, 0.2) is 41.3 Å². The Morgan fingerprint density at radius 3 is 2.83 bits per heavy atom. The molecule has 3 aromatic heterocycles. The monoisotopic (exact) mass is 425 g/mol. The minimum Gasteiger partial charge on any atom is -0.497 e. The summed E-state index contributed by atoms with van der Waals surface area (Å²) in [5, 5.41) is 5.09. The highest BCUT2D eigenvalue weighted by atomic mass is 32.1. The SMILES string of the molecule is CCOC(=O)C(C)n1ncc2c3sc(C)cc3n(Cc3cccc(OC)c3)c2c1=O. The second kappa shape index (κ2) is 7.95. The van der Waals surface area contributed by atoms with E-state index in [0.717, 1.165) is 31.8 Å². The summed E-state index contributed by atoms with van der Waals surface area (Å²) in [6.07, 6.45) is 1.67. The average molecular weight is 426 g/mol. The standard InChI is InChI=1S/C22H23N3O4S/c1-5-29-22(27)14(3)25-21(26)19-17(11-23-25)20-18(9-13(2)30-20)24(19)12-15-7-6-8-16(10-15)28-4/h6-11,14H,5,12H2,1-4H3. The fraction of sp³-hybridized carbons (Fsp3) is 0.318. The Balaban J connectivity index is 1.92. The highest BCUT2D eigenvalue weighted by Crippen LogP contribution is 2.34. The molecule has 1 atom stereocenters. The van der Waals surface area contributed by atoms with Crippen LogP contribution in [-0.4, -0.2) is 34.0 Å². The summed E-state index contributed by atoms with van der Waals surface area (Å²) in [5.41, 5.74) is 2.22. The Bertz CT molecular complexity index is 1300. The highest BCUT2D eigenvalue weighted by Gasteiger charge is 2.23. The molecule has 1 unspecified atom stereocenters. The van der Waals surface area contributed by atoms with Gasteiger partial charge in [0.1, 0.15) is 11.3 Å². The van der Waals surface area contributed by atoms with Crippen LogP contribution in [0.2, 0.25) is 0 Å². The molecule has 0 fully saturated rings. The number of aryl methyl sites for hydroxylation is 1. The van der Waals surface area contributed by atoms with E-state index in [2.05, 4.69) is 11.2 Å². The van der Waals surface area contributed by atoms with Gasteiger partial charge < -0.3 is 14.0 Å². The quantitative estimate of drug-likeness (QED) is 0.438. The van der Waals surface area contributed by atoms with E-state index in [1.807, 2.05) is 35.8 Å². The second-order valence-electron chi connectivity index (χ2n) is 7.09. The Hall–Kier alpha value is -3.13. The molecular weight excluding hydrogens is 402 g/mol. The summed E-state index contributed by atoms with van der Waals surface area (Å²) in [6.45, 7) is 6.16. The van der Waals surface area contributed by atoms with E-state index in [-0.39, 0.29) is 12.2 Å². The third-order valence-electron chi connectivity index (χ3n) is 5.09. The zero-order valence-electron chi connectivity index (χ0n) is 17.3. The molecular formula is C22H23N3O4S. The number of benzene rings is 1. The minimum absolute atomic E-state index is 0.251. The number of rotatable bonds is 6. The molecule has 7 nitrogen and oxygen atoms in total. The van der Waals surface area contributed by atoms with E-state index in [4.69, 9.17) is 9.47 Å². The predicted molar refractivity (Wildman–Crippen MR) is 118 cm³/mol. The average Bonchev–Trinajstić information content (AvgIpc) is 3.25. The first-order chi connectivity index (χ1) is 14.4. The summed E-state index contributed by atoms with van der Waals surface area (Å²) in [7, 11) is 1.63. The maximum atomic E-state index is 13.4. The molecule has 156 valence electrons. The lowest BCUT2D eigenvalue weighted by molar-refractivity contribution is -0.147. The van der Waals surface area contributed by atoms with Gasteiger partial charge in [-0.05, 0) is 44.5 Å². The van der Waals surface area contributed by atoms with Gasteiger partial charge in [-0.25, -0.2) is 9.48 Å². The van der Waals surface area contributed by atoms with Gasteiger partial charge in [0.05, 0.1) is 30.1 Å².